The van der Waals surface area contributed by atoms with Crippen molar-refractivity contribution in [2.24, 2.45) is 0 Å². The van der Waals surface area contributed by atoms with E-state index >= 15 is 0 Å². The van der Waals surface area contributed by atoms with E-state index in [1.165, 1.54) is 0 Å². The van der Waals surface area contributed by atoms with Crippen molar-refractivity contribution in [3.8, 4) is 0 Å². The Balaban J connectivity index is 3.87. The van der Waals surface area contributed by atoms with Crippen molar-refractivity contribution >= 4 is 12.6 Å². The highest BCUT2D eigenvalue weighted by Crippen LogP contribution is 2.15. The molecule has 1 atom stereocenters. The second-order valence-electron chi connectivity index (χ2n) is 2.53. The molecule has 0 aliphatic heterocycles. The molecule has 1 aromatic heterocycles. The van der Waals surface area contributed by atoms with Crippen LogP contribution >= 0.6 is 0 Å². The number of nitrogens with zero attached hydrogens (tertiary/aromatic N) is 1. The van der Waals surface area contributed by atoms with Gasteiger partial charge in [0.25, 0.3) is 0 Å². The SMILES string of the molecule is [2H]C([2H])([2H])c1cc(C([2H])(C([2H])([2H])[2H])C([2H])([2H])C([2H])([2H])[2H])ncc1B(O)O. The number of aryl methyl sites for hydroxylation is 1. The standard InChI is InChI=1S/C10H16BNO2/c1-4-7(2)10-5-8(3)9(6-12-10)11(13)14/h5-7,13-14H,4H2,1-3H3/i1D3,2D3,3D3,4D2,7D. The fraction of sp³-hybridized carbons (Fsp3) is 0.500. The summed E-state index contributed by atoms with van der Waals surface area (Å²) in [6.45, 7) is -10.1. The summed E-state index contributed by atoms with van der Waals surface area (Å²) in [7, 11) is -2.28. The van der Waals surface area contributed by atoms with Crippen LogP contribution in [0.2, 0.25) is 0 Å². The highest BCUT2D eigenvalue weighted by atomic mass is 16.4. The van der Waals surface area contributed by atoms with Crippen molar-refractivity contribution in [1.29, 1.82) is 0 Å². The third-order valence-corrected chi connectivity index (χ3v) is 1.59. The van der Waals surface area contributed by atoms with Gasteiger partial charge in [-0.2, -0.15) is 0 Å². The van der Waals surface area contributed by atoms with Gasteiger partial charge in [0.15, 0.2) is 0 Å². The van der Waals surface area contributed by atoms with Crippen LogP contribution in [0.4, 0.5) is 0 Å². The van der Waals surface area contributed by atoms with Crippen molar-refractivity contribution in [3.63, 3.8) is 0 Å². The van der Waals surface area contributed by atoms with E-state index in [9.17, 15) is 10.0 Å². The normalized spacial score (nSPS) is 31.3. The Bertz CT molecular complexity index is 667. The number of rotatable bonds is 3. The van der Waals surface area contributed by atoms with Gasteiger partial charge in [-0.05, 0) is 30.7 Å². The van der Waals surface area contributed by atoms with Crippen molar-refractivity contribution < 1.29 is 26.5 Å². The summed E-state index contributed by atoms with van der Waals surface area (Å²) in [6.07, 6.45) is -3.06. The summed E-state index contributed by atoms with van der Waals surface area (Å²) in [5, 5.41) is 18.5. The first-order chi connectivity index (χ1) is 11.3. The molecule has 1 heterocycles. The lowest BCUT2D eigenvalue weighted by atomic mass is 9.78. The monoisotopic (exact) mass is 205 g/mol. The van der Waals surface area contributed by atoms with Crippen LogP contribution in [0.15, 0.2) is 12.3 Å². The first-order valence-corrected chi connectivity index (χ1v) is 3.65. The second-order valence-corrected chi connectivity index (χ2v) is 2.53. The van der Waals surface area contributed by atoms with E-state index in [1.807, 2.05) is 0 Å². The zero-order valence-electron chi connectivity index (χ0n) is 19.1. The minimum Gasteiger partial charge on any atom is -0.423 e. The molecule has 0 spiro atoms. The summed E-state index contributed by atoms with van der Waals surface area (Å²) < 4.78 is 90.3. The minimum absolute atomic E-state index is 0.505. The summed E-state index contributed by atoms with van der Waals surface area (Å²) in [5.41, 5.74) is -2.36. The van der Waals surface area contributed by atoms with Gasteiger partial charge in [-0.25, -0.2) is 0 Å². The number of aromatic nitrogens is 1. The van der Waals surface area contributed by atoms with Gasteiger partial charge in [-0.15, -0.1) is 0 Å². The Labute approximate surface area is 102 Å². The van der Waals surface area contributed by atoms with Gasteiger partial charge >= 0.3 is 7.12 Å². The molecule has 0 amide bonds. The van der Waals surface area contributed by atoms with E-state index < -0.39 is 56.7 Å². The highest BCUT2D eigenvalue weighted by molar-refractivity contribution is 6.59. The molecular formula is C10H16BNO2. The summed E-state index contributed by atoms with van der Waals surface area (Å²) in [5.74, 6) is -3.45. The van der Waals surface area contributed by atoms with Crippen LogP contribution in [0.1, 0.15) is 53.7 Å². The lowest BCUT2D eigenvalue weighted by Gasteiger charge is -2.11. The van der Waals surface area contributed by atoms with Crippen LogP contribution in [0.25, 0.3) is 0 Å². The smallest absolute Gasteiger partial charge is 0.423 e. The molecule has 0 saturated heterocycles. The fourth-order valence-electron chi connectivity index (χ4n) is 0.872. The molecular weight excluding hydrogens is 177 g/mol. The number of hydrogen-bond acceptors (Lipinski definition) is 3. The zero-order chi connectivity index (χ0) is 20.9. The van der Waals surface area contributed by atoms with E-state index in [1.54, 1.807) is 0 Å². The predicted octanol–water partition coefficient (Wildman–Crippen LogP) is 0.583. The van der Waals surface area contributed by atoms with Gasteiger partial charge in [0.05, 0.1) is 0 Å². The quantitative estimate of drug-likeness (QED) is 0.710. The molecule has 76 valence electrons. The highest BCUT2D eigenvalue weighted by Gasteiger charge is 2.15. The van der Waals surface area contributed by atoms with Gasteiger partial charge in [0.1, 0.15) is 0 Å². The maximum absolute atomic E-state index is 9.25. The van der Waals surface area contributed by atoms with Crippen LogP contribution < -0.4 is 5.46 Å². The van der Waals surface area contributed by atoms with Gasteiger partial charge in [-0.1, -0.05) is 13.7 Å². The Morgan fingerprint density at radius 3 is 3.21 bits per heavy atom. The average molecular weight is 205 g/mol. The van der Waals surface area contributed by atoms with Crippen molar-refractivity contribution in [2.75, 3.05) is 0 Å². The van der Waals surface area contributed by atoms with Crippen molar-refractivity contribution in [1.82, 2.24) is 4.98 Å². The van der Waals surface area contributed by atoms with Gasteiger partial charge in [0, 0.05) is 33.8 Å². The van der Waals surface area contributed by atoms with Crippen LogP contribution in [0.3, 0.4) is 0 Å². The van der Waals surface area contributed by atoms with Crippen molar-refractivity contribution in [2.45, 2.75) is 32.8 Å². The molecule has 0 aromatic carbocycles. The molecule has 0 aliphatic carbocycles. The first-order valence-electron chi connectivity index (χ1n) is 9.65. The molecule has 1 aromatic rings. The maximum Gasteiger partial charge on any atom is 0.490 e. The average Bonchev–Trinajstić information content (AvgIpc) is 2.42. The first kappa shape index (κ1) is 3.06. The molecule has 0 fully saturated rings. The van der Waals surface area contributed by atoms with Gasteiger partial charge in [-0.3, -0.25) is 4.98 Å². The van der Waals surface area contributed by atoms with E-state index in [0.717, 1.165) is 0 Å². The zero-order valence-corrected chi connectivity index (χ0v) is 7.07. The lowest BCUT2D eigenvalue weighted by Crippen LogP contribution is -2.32. The Morgan fingerprint density at radius 1 is 1.79 bits per heavy atom. The molecule has 0 aliphatic rings. The fourth-order valence-corrected chi connectivity index (χ4v) is 0.872. The Kier molecular flexibility index (Phi) is 1.00. The van der Waals surface area contributed by atoms with Crippen LogP contribution in [-0.4, -0.2) is 22.2 Å². The van der Waals surface area contributed by atoms with Crippen molar-refractivity contribution in [3.05, 3.63) is 23.5 Å². The van der Waals surface area contributed by atoms with Crippen LogP contribution in [0.5, 0.6) is 0 Å². The molecule has 1 unspecified atom stereocenters. The van der Waals surface area contributed by atoms with Gasteiger partial charge < -0.3 is 10.0 Å². The van der Waals surface area contributed by atoms with Crippen LogP contribution in [-0.2, 0) is 0 Å². The molecule has 0 radical (unpaired) electrons. The van der Waals surface area contributed by atoms with E-state index in [4.69, 9.17) is 16.4 Å². The molecule has 1 rings (SSSR count). The largest absolute Gasteiger partial charge is 0.490 e. The number of hydrogen-bond donors (Lipinski definition) is 2. The molecule has 2 N–H and O–H groups in total. The summed E-state index contributed by atoms with van der Waals surface area (Å²) in [6, 6.07) is 0.505. The Morgan fingerprint density at radius 2 is 2.64 bits per heavy atom. The van der Waals surface area contributed by atoms with E-state index in [-0.39, 0.29) is 0 Å². The third-order valence-electron chi connectivity index (χ3n) is 1.59. The minimum atomic E-state index is -3.64. The molecule has 0 bridgehead atoms. The summed E-state index contributed by atoms with van der Waals surface area (Å²) >= 11 is 0. The topological polar surface area (TPSA) is 53.4 Å². The third kappa shape index (κ3) is 2.33. The molecule has 0 saturated carbocycles. The second kappa shape index (κ2) is 4.57. The van der Waals surface area contributed by atoms with Gasteiger partial charge in [0.2, 0.25) is 0 Å². The lowest BCUT2D eigenvalue weighted by molar-refractivity contribution is 0.425. The Hall–Kier alpha value is -0.865. The maximum atomic E-state index is 9.25. The van der Waals surface area contributed by atoms with Crippen LogP contribution in [0, 0.1) is 6.85 Å². The molecule has 4 heteroatoms. The predicted molar refractivity (Wildman–Crippen MR) is 57.5 cm³/mol. The molecule has 14 heavy (non-hydrogen) atoms. The number of pyridine rings is 1. The van der Waals surface area contributed by atoms with E-state index in [0.29, 0.717) is 12.3 Å². The van der Waals surface area contributed by atoms with E-state index in [2.05, 4.69) is 4.98 Å². The summed E-state index contributed by atoms with van der Waals surface area (Å²) in [4.78, 5) is 3.48. The molecule has 3 nitrogen and oxygen atoms in total.